The van der Waals surface area contributed by atoms with E-state index in [0.29, 0.717) is 0 Å². The van der Waals surface area contributed by atoms with Crippen LogP contribution < -0.4 is 0 Å². The Kier molecular flexibility index (Phi) is 4.64. The molecule has 0 saturated carbocycles. The Bertz CT molecular complexity index is 268. The monoisotopic (exact) mass is 199 g/mol. The molecule has 5 heteroatoms. The molecule has 14 heavy (non-hydrogen) atoms. The number of esters is 2. The van der Waals surface area contributed by atoms with Crippen LogP contribution in [-0.2, 0) is 19.1 Å². The van der Waals surface area contributed by atoms with Crippen LogP contribution in [-0.4, -0.2) is 24.1 Å². The SMILES string of the molecule is CCOC(=O)C[C@](C)(C#N)OC(C)=O. The number of rotatable bonds is 4. The predicted molar refractivity (Wildman–Crippen MR) is 47.0 cm³/mol. The van der Waals surface area contributed by atoms with E-state index in [-0.39, 0.29) is 13.0 Å². The summed E-state index contributed by atoms with van der Waals surface area (Å²) in [6, 6.07) is 1.76. The quantitative estimate of drug-likeness (QED) is 0.625. The van der Waals surface area contributed by atoms with Crippen molar-refractivity contribution in [3.8, 4) is 6.07 Å². The number of nitrogens with zero attached hydrogens (tertiary/aromatic N) is 1. The van der Waals surface area contributed by atoms with Gasteiger partial charge in [-0.05, 0) is 13.8 Å². The highest BCUT2D eigenvalue weighted by molar-refractivity contribution is 5.73. The third-order valence-corrected chi connectivity index (χ3v) is 1.39. The van der Waals surface area contributed by atoms with E-state index < -0.39 is 17.5 Å². The number of ether oxygens (including phenoxy) is 2. The summed E-state index contributed by atoms with van der Waals surface area (Å²) in [7, 11) is 0. The van der Waals surface area contributed by atoms with Gasteiger partial charge in [-0.2, -0.15) is 5.26 Å². The van der Waals surface area contributed by atoms with Crippen LogP contribution in [0.3, 0.4) is 0 Å². The van der Waals surface area contributed by atoms with Crippen molar-refractivity contribution in [1.29, 1.82) is 5.26 Å². The first kappa shape index (κ1) is 12.4. The zero-order chi connectivity index (χ0) is 11.2. The Hall–Kier alpha value is -1.57. The van der Waals surface area contributed by atoms with Gasteiger partial charge in [0, 0.05) is 6.92 Å². The zero-order valence-electron chi connectivity index (χ0n) is 8.49. The maximum Gasteiger partial charge on any atom is 0.310 e. The molecule has 0 heterocycles. The minimum absolute atomic E-state index is 0.237. The average Bonchev–Trinajstić information content (AvgIpc) is 2.02. The van der Waals surface area contributed by atoms with E-state index in [0.717, 1.165) is 0 Å². The molecule has 0 radical (unpaired) electrons. The molecule has 78 valence electrons. The largest absolute Gasteiger partial charge is 0.466 e. The summed E-state index contributed by atoms with van der Waals surface area (Å²) in [5.74, 6) is -1.16. The summed E-state index contributed by atoms with van der Waals surface area (Å²) in [6.07, 6.45) is -0.253. The van der Waals surface area contributed by atoms with Gasteiger partial charge in [0.05, 0.1) is 13.0 Å². The highest BCUT2D eigenvalue weighted by atomic mass is 16.6. The number of nitriles is 1. The average molecular weight is 199 g/mol. The van der Waals surface area contributed by atoms with Crippen LogP contribution in [0.25, 0.3) is 0 Å². The van der Waals surface area contributed by atoms with E-state index in [4.69, 9.17) is 10.00 Å². The maximum absolute atomic E-state index is 11.0. The molecule has 0 aromatic rings. The van der Waals surface area contributed by atoms with Crippen molar-refractivity contribution in [1.82, 2.24) is 0 Å². The molecule has 0 N–H and O–H groups in total. The molecule has 0 unspecified atom stereocenters. The van der Waals surface area contributed by atoms with Crippen molar-refractivity contribution >= 4 is 11.9 Å². The van der Waals surface area contributed by atoms with Crippen LogP contribution in [0.2, 0.25) is 0 Å². The molecule has 0 aliphatic carbocycles. The highest BCUT2D eigenvalue weighted by Crippen LogP contribution is 2.15. The molecule has 1 atom stereocenters. The fraction of sp³-hybridized carbons (Fsp3) is 0.667. The van der Waals surface area contributed by atoms with Crippen LogP contribution in [0.15, 0.2) is 0 Å². The molecule has 0 saturated heterocycles. The topological polar surface area (TPSA) is 76.4 Å². The number of carbonyl (C=O) groups is 2. The molecule has 0 amide bonds. The van der Waals surface area contributed by atoms with E-state index in [1.165, 1.54) is 13.8 Å². The van der Waals surface area contributed by atoms with E-state index in [1.807, 2.05) is 0 Å². The standard InChI is InChI=1S/C9H13NO4/c1-4-13-8(12)5-9(3,6-10)14-7(2)11/h4-5H2,1-3H3/t9-/m1/s1. The lowest BCUT2D eigenvalue weighted by molar-refractivity contribution is -0.157. The lowest BCUT2D eigenvalue weighted by Gasteiger charge is -2.19. The number of hydrogen-bond donors (Lipinski definition) is 0. The van der Waals surface area contributed by atoms with Crippen molar-refractivity contribution in [2.45, 2.75) is 32.8 Å². The number of carbonyl (C=O) groups excluding carboxylic acids is 2. The normalized spacial score (nSPS) is 13.6. The van der Waals surface area contributed by atoms with Crippen molar-refractivity contribution < 1.29 is 19.1 Å². The van der Waals surface area contributed by atoms with Gasteiger partial charge in [0.15, 0.2) is 0 Å². The minimum atomic E-state index is -1.43. The molecule has 0 aromatic carbocycles. The van der Waals surface area contributed by atoms with Crippen LogP contribution in [0.4, 0.5) is 0 Å². The fourth-order valence-corrected chi connectivity index (χ4v) is 0.903. The lowest BCUT2D eigenvalue weighted by Crippen LogP contribution is -2.32. The van der Waals surface area contributed by atoms with Crippen molar-refractivity contribution in [3.63, 3.8) is 0 Å². The van der Waals surface area contributed by atoms with Gasteiger partial charge in [-0.3, -0.25) is 9.59 Å². The summed E-state index contributed by atoms with van der Waals surface area (Å²) in [4.78, 5) is 21.7. The zero-order valence-corrected chi connectivity index (χ0v) is 8.49. The minimum Gasteiger partial charge on any atom is -0.466 e. The van der Waals surface area contributed by atoms with Gasteiger partial charge in [-0.15, -0.1) is 0 Å². The summed E-state index contributed by atoms with van der Waals surface area (Å²) in [6.45, 7) is 4.44. The molecule has 0 spiro atoms. The van der Waals surface area contributed by atoms with Gasteiger partial charge >= 0.3 is 11.9 Å². The third-order valence-electron chi connectivity index (χ3n) is 1.39. The Morgan fingerprint density at radius 3 is 2.43 bits per heavy atom. The second-order valence-electron chi connectivity index (χ2n) is 2.92. The highest BCUT2D eigenvalue weighted by Gasteiger charge is 2.31. The van der Waals surface area contributed by atoms with Gasteiger partial charge in [0.2, 0.25) is 5.60 Å². The number of hydrogen-bond acceptors (Lipinski definition) is 5. The van der Waals surface area contributed by atoms with Crippen molar-refractivity contribution in [2.75, 3.05) is 6.61 Å². The van der Waals surface area contributed by atoms with Gasteiger partial charge in [-0.1, -0.05) is 0 Å². The van der Waals surface area contributed by atoms with E-state index in [1.54, 1.807) is 13.0 Å². The summed E-state index contributed by atoms with van der Waals surface area (Å²) >= 11 is 0. The van der Waals surface area contributed by atoms with Gasteiger partial charge in [0.25, 0.3) is 0 Å². The van der Waals surface area contributed by atoms with E-state index in [2.05, 4.69) is 4.74 Å². The summed E-state index contributed by atoms with van der Waals surface area (Å²) in [5.41, 5.74) is -1.43. The molecule has 0 aliphatic heterocycles. The third kappa shape index (κ3) is 4.45. The molecule has 0 aliphatic rings. The smallest absolute Gasteiger partial charge is 0.310 e. The lowest BCUT2D eigenvalue weighted by atomic mass is 10.0. The van der Waals surface area contributed by atoms with Gasteiger partial charge in [0.1, 0.15) is 6.07 Å². The molecule has 0 rings (SSSR count). The molecule has 0 fully saturated rings. The van der Waals surface area contributed by atoms with Gasteiger partial charge < -0.3 is 9.47 Å². The maximum atomic E-state index is 11.0. The Labute approximate surface area is 82.6 Å². The first-order valence-electron chi connectivity index (χ1n) is 4.20. The summed E-state index contributed by atoms with van der Waals surface area (Å²) in [5, 5.41) is 8.72. The van der Waals surface area contributed by atoms with Crippen LogP contribution in [0, 0.1) is 11.3 Å². The fourth-order valence-electron chi connectivity index (χ4n) is 0.903. The second kappa shape index (κ2) is 5.22. The van der Waals surface area contributed by atoms with Crippen LogP contribution >= 0.6 is 0 Å². The summed E-state index contributed by atoms with van der Waals surface area (Å²) < 4.78 is 9.34. The molecule has 5 nitrogen and oxygen atoms in total. The molecule has 0 bridgehead atoms. The van der Waals surface area contributed by atoms with Crippen molar-refractivity contribution in [3.05, 3.63) is 0 Å². The molecule has 0 aromatic heterocycles. The van der Waals surface area contributed by atoms with Crippen molar-refractivity contribution in [2.24, 2.45) is 0 Å². The molecular weight excluding hydrogens is 186 g/mol. The van der Waals surface area contributed by atoms with Crippen LogP contribution in [0.1, 0.15) is 27.2 Å². The molecular formula is C9H13NO4. The Morgan fingerprint density at radius 2 is 2.07 bits per heavy atom. The van der Waals surface area contributed by atoms with Crippen LogP contribution in [0.5, 0.6) is 0 Å². The Balaban J connectivity index is 4.34. The predicted octanol–water partition coefficient (Wildman–Crippen LogP) is 0.785. The second-order valence-corrected chi connectivity index (χ2v) is 2.92. The van der Waals surface area contributed by atoms with E-state index >= 15 is 0 Å². The Morgan fingerprint density at radius 1 is 1.50 bits per heavy atom. The first-order chi connectivity index (χ1) is 6.43. The first-order valence-corrected chi connectivity index (χ1v) is 4.20. The van der Waals surface area contributed by atoms with Gasteiger partial charge in [-0.25, -0.2) is 0 Å². The van der Waals surface area contributed by atoms with E-state index in [9.17, 15) is 9.59 Å².